The minimum absolute atomic E-state index is 0.0969. The topological polar surface area (TPSA) is 115 Å². The monoisotopic (exact) mass is 697 g/mol. The SMILES string of the molecule is C=CC(=O)/C(OCOC(=O)C1(CC(=O)OC)CCCC1)=C1/C(=O)N2CCOC[C@H]2N([C@@H]2c3ccccc3SCc3c2ccc(F)c3F)N1C. The molecule has 0 radical (unpaired) electrons. The Morgan fingerprint density at radius 2 is 1.86 bits per heavy atom. The molecule has 0 bridgehead atoms. The van der Waals surface area contributed by atoms with Gasteiger partial charge in [-0.25, -0.2) is 8.78 Å². The molecule has 3 heterocycles. The molecule has 0 spiro atoms. The lowest BCUT2D eigenvalue weighted by Crippen LogP contribution is -2.67. The van der Waals surface area contributed by atoms with Gasteiger partial charge in [-0.3, -0.25) is 24.2 Å². The average molecular weight is 698 g/mol. The number of halogens is 2. The maximum Gasteiger partial charge on any atom is 0.315 e. The normalized spacial score (nSPS) is 22.7. The van der Waals surface area contributed by atoms with Gasteiger partial charge in [0.2, 0.25) is 18.3 Å². The molecule has 0 aromatic heterocycles. The number of thioether (sulfide) groups is 1. The van der Waals surface area contributed by atoms with Crippen molar-refractivity contribution in [1.29, 1.82) is 0 Å². The van der Waals surface area contributed by atoms with Crippen LogP contribution in [0, 0.1) is 17.0 Å². The molecule has 2 aromatic carbocycles. The third-order valence-electron chi connectivity index (χ3n) is 9.64. The first kappa shape index (κ1) is 34.6. The minimum Gasteiger partial charge on any atom is -0.469 e. The molecule has 2 saturated heterocycles. The zero-order chi connectivity index (χ0) is 34.9. The first-order valence-corrected chi connectivity index (χ1v) is 17.0. The van der Waals surface area contributed by atoms with E-state index >= 15 is 4.39 Å². The van der Waals surface area contributed by atoms with Crippen molar-refractivity contribution in [2.45, 2.75) is 55.0 Å². The number of allylic oxidation sites excluding steroid dienone is 1. The molecule has 0 unspecified atom stereocenters. The largest absolute Gasteiger partial charge is 0.469 e. The molecule has 260 valence electrons. The van der Waals surface area contributed by atoms with Gasteiger partial charge < -0.3 is 23.8 Å². The van der Waals surface area contributed by atoms with Crippen LogP contribution in [0.15, 0.2) is 65.4 Å². The highest BCUT2D eigenvalue weighted by Crippen LogP contribution is 2.47. The van der Waals surface area contributed by atoms with Crippen molar-refractivity contribution in [3.8, 4) is 0 Å². The van der Waals surface area contributed by atoms with Crippen LogP contribution in [-0.2, 0) is 43.9 Å². The number of benzene rings is 2. The predicted octanol–water partition coefficient (Wildman–Crippen LogP) is 4.61. The molecule has 6 rings (SSSR count). The van der Waals surface area contributed by atoms with Crippen molar-refractivity contribution in [2.75, 3.05) is 40.7 Å². The van der Waals surface area contributed by atoms with Gasteiger partial charge in [-0.2, -0.15) is 5.01 Å². The molecule has 0 N–H and O–H groups in total. The Labute approximate surface area is 286 Å². The fourth-order valence-electron chi connectivity index (χ4n) is 7.17. The quantitative estimate of drug-likeness (QED) is 0.158. The number of ether oxygens (including phenoxy) is 4. The van der Waals surface area contributed by atoms with Crippen molar-refractivity contribution in [3.05, 3.63) is 88.8 Å². The maximum atomic E-state index is 15.4. The first-order valence-electron chi connectivity index (χ1n) is 16.0. The summed E-state index contributed by atoms with van der Waals surface area (Å²) >= 11 is 1.37. The Bertz CT molecular complexity index is 1710. The molecule has 49 heavy (non-hydrogen) atoms. The average Bonchev–Trinajstić information content (AvgIpc) is 3.52. The number of carbonyl (C=O) groups excluding carboxylic acids is 4. The lowest BCUT2D eigenvalue weighted by molar-refractivity contribution is -0.195. The van der Waals surface area contributed by atoms with Gasteiger partial charge in [-0.05, 0) is 42.2 Å². The molecular weight excluding hydrogens is 660 g/mol. The molecule has 1 amide bonds. The van der Waals surface area contributed by atoms with Crippen molar-refractivity contribution < 1.29 is 46.9 Å². The van der Waals surface area contributed by atoms with Crippen LogP contribution in [0.2, 0.25) is 0 Å². The number of nitrogens with zero attached hydrogens (tertiary/aromatic N) is 3. The van der Waals surface area contributed by atoms with Crippen LogP contribution >= 0.6 is 11.8 Å². The minimum atomic E-state index is -1.07. The van der Waals surface area contributed by atoms with Gasteiger partial charge in [0.1, 0.15) is 6.17 Å². The number of carbonyl (C=O) groups is 4. The number of hydrogen-bond donors (Lipinski definition) is 0. The van der Waals surface area contributed by atoms with Crippen molar-refractivity contribution in [1.82, 2.24) is 14.9 Å². The number of methoxy groups -OCH3 is 1. The van der Waals surface area contributed by atoms with Crippen LogP contribution < -0.4 is 0 Å². The van der Waals surface area contributed by atoms with E-state index in [2.05, 4.69) is 6.58 Å². The number of fused-ring (bicyclic) bond motifs is 3. The molecule has 1 aliphatic carbocycles. The smallest absolute Gasteiger partial charge is 0.315 e. The van der Waals surface area contributed by atoms with Crippen molar-refractivity contribution in [2.24, 2.45) is 5.41 Å². The second-order valence-electron chi connectivity index (χ2n) is 12.3. The number of morpholine rings is 1. The number of amides is 1. The van der Waals surface area contributed by atoms with Gasteiger partial charge in [0.05, 0.1) is 38.2 Å². The lowest BCUT2D eigenvalue weighted by atomic mass is 9.83. The van der Waals surface area contributed by atoms with Crippen LogP contribution in [0.3, 0.4) is 0 Å². The Hall–Kier alpha value is -4.27. The maximum absolute atomic E-state index is 15.4. The highest BCUT2D eigenvalue weighted by atomic mass is 32.2. The Morgan fingerprint density at radius 1 is 1.10 bits per heavy atom. The predicted molar refractivity (Wildman–Crippen MR) is 172 cm³/mol. The van der Waals surface area contributed by atoms with Crippen LogP contribution in [0.25, 0.3) is 0 Å². The van der Waals surface area contributed by atoms with Gasteiger partial charge in [0.15, 0.2) is 17.3 Å². The Morgan fingerprint density at radius 3 is 2.59 bits per heavy atom. The van der Waals surface area contributed by atoms with Gasteiger partial charge >= 0.3 is 11.9 Å². The summed E-state index contributed by atoms with van der Waals surface area (Å²) in [5, 5.41) is 3.29. The van der Waals surface area contributed by atoms with E-state index < -0.39 is 65.4 Å². The summed E-state index contributed by atoms with van der Waals surface area (Å²) in [6.45, 7) is 3.37. The second kappa shape index (κ2) is 14.3. The standard InChI is InChI=1S/C35H37F2N3O8S/c1-4-25(41)32(47-20-48-34(44)35(13-7-8-14-35)17-28(42)45-3)31-33(43)39-15-16-46-18-27(39)40(38(31)2)30-21-11-12-24(36)29(37)23(21)19-49-26-10-6-5-9-22(26)30/h4-6,9-12,27,30H,1,7-8,13-20H2,2-3H3/b32-31+/t27-,30+/m1/s1. The number of rotatable bonds is 9. The Kier molecular flexibility index (Phi) is 10.1. The fourth-order valence-corrected chi connectivity index (χ4v) is 8.29. The van der Waals surface area contributed by atoms with E-state index in [9.17, 15) is 23.6 Å². The van der Waals surface area contributed by atoms with Gasteiger partial charge in [0, 0.05) is 29.8 Å². The number of likely N-dealkylation sites (N-methyl/N-ethyl adjacent to an activating group) is 1. The van der Waals surface area contributed by atoms with E-state index in [1.54, 1.807) is 18.0 Å². The molecule has 4 aliphatic rings. The third kappa shape index (κ3) is 6.32. The summed E-state index contributed by atoms with van der Waals surface area (Å²) in [6.07, 6.45) is 2.47. The van der Waals surface area contributed by atoms with Crippen molar-refractivity contribution >= 4 is 35.4 Å². The van der Waals surface area contributed by atoms with Crippen molar-refractivity contribution in [3.63, 3.8) is 0 Å². The van der Waals surface area contributed by atoms with Crippen LogP contribution in [-0.4, -0.2) is 85.4 Å². The molecule has 11 nitrogen and oxygen atoms in total. The summed E-state index contributed by atoms with van der Waals surface area (Å²) in [5.74, 6) is -4.66. The molecular formula is C35H37F2N3O8S. The first-order chi connectivity index (χ1) is 23.6. The van der Waals surface area contributed by atoms with E-state index in [4.69, 9.17) is 18.9 Å². The molecule has 3 aliphatic heterocycles. The van der Waals surface area contributed by atoms with E-state index in [1.165, 1.54) is 23.9 Å². The van der Waals surface area contributed by atoms with E-state index in [-0.39, 0.29) is 43.2 Å². The third-order valence-corrected chi connectivity index (χ3v) is 10.8. The van der Waals surface area contributed by atoms with E-state index in [0.717, 1.165) is 35.4 Å². The van der Waals surface area contributed by atoms with Crippen LogP contribution in [0.1, 0.15) is 54.8 Å². The molecule has 2 aromatic rings. The number of hydrazine groups is 1. The van der Waals surface area contributed by atoms with E-state index in [1.807, 2.05) is 29.3 Å². The number of esters is 2. The van der Waals surface area contributed by atoms with Crippen LogP contribution in [0.4, 0.5) is 8.78 Å². The molecule has 14 heteroatoms. The lowest BCUT2D eigenvalue weighted by Gasteiger charge is -2.54. The summed E-state index contributed by atoms with van der Waals surface area (Å²) < 4.78 is 52.0. The van der Waals surface area contributed by atoms with Gasteiger partial charge in [-0.1, -0.05) is 43.7 Å². The summed E-state index contributed by atoms with van der Waals surface area (Å²) in [5.41, 5.74) is 0.212. The highest BCUT2D eigenvalue weighted by molar-refractivity contribution is 7.98. The van der Waals surface area contributed by atoms with Crippen LogP contribution in [0.5, 0.6) is 0 Å². The Balaban J connectivity index is 1.41. The zero-order valence-corrected chi connectivity index (χ0v) is 28.1. The molecule has 2 atom stereocenters. The molecule has 1 saturated carbocycles. The fraction of sp³-hybridized carbons (Fsp3) is 0.429. The molecule has 3 fully saturated rings. The number of ketones is 1. The van der Waals surface area contributed by atoms with Gasteiger partial charge in [0.25, 0.3) is 5.91 Å². The second-order valence-corrected chi connectivity index (χ2v) is 13.3. The zero-order valence-electron chi connectivity index (χ0n) is 27.2. The van der Waals surface area contributed by atoms with Gasteiger partial charge in [-0.15, -0.1) is 11.8 Å². The summed E-state index contributed by atoms with van der Waals surface area (Å²) in [4.78, 5) is 55.5. The summed E-state index contributed by atoms with van der Waals surface area (Å²) in [7, 11) is 2.83. The van der Waals surface area contributed by atoms with E-state index in [0.29, 0.717) is 18.4 Å². The summed E-state index contributed by atoms with van der Waals surface area (Å²) in [6, 6.07) is 9.37. The number of hydrogen-bond acceptors (Lipinski definition) is 11. The highest BCUT2D eigenvalue weighted by Gasteiger charge is 2.50.